The van der Waals surface area contributed by atoms with E-state index in [4.69, 9.17) is 9.47 Å². The first-order valence-corrected chi connectivity index (χ1v) is 10.5. The summed E-state index contributed by atoms with van der Waals surface area (Å²) in [5.41, 5.74) is 2.16. The van der Waals surface area contributed by atoms with Crippen molar-refractivity contribution in [3.8, 4) is 11.5 Å². The third kappa shape index (κ3) is 3.65. The van der Waals surface area contributed by atoms with Crippen molar-refractivity contribution in [1.82, 2.24) is 4.37 Å². The molecule has 0 atom stereocenters. The zero-order chi connectivity index (χ0) is 19.5. The van der Waals surface area contributed by atoms with E-state index in [1.54, 1.807) is 13.2 Å². The van der Waals surface area contributed by atoms with Crippen molar-refractivity contribution in [3.63, 3.8) is 0 Å². The number of fused-ring (bicyclic) bond motifs is 1. The number of rotatable bonds is 6. The van der Waals surface area contributed by atoms with Gasteiger partial charge in [-0.1, -0.05) is 6.92 Å². The van der Waals surface area contributed by atoms with E-state index in [0.717, 1.165) is 59.6 Å². The fraction of sp³-hybridized carbons (Fsp3) is 0.409. The number of benzene rings is 2. The summed E-state index contributed by atoms with van der Waals surface area (Å²) >= 11 is 1.39. The Morgan fingerprint density at radius 3 is 2.86 bits per heavy atom. The zero-order valence-corrected chi connectivity index (χ0v) is 17.0. The van der Waals surface area contributed by atoms with Crippen LogP contribution < -0.4 is 14.4 Å². The monoisotopic (exact) mass is 399 g/mol. The molecule has 1 aliphatic heterocycles. The van der Waals surface area contributed by atoms with Gasteiger partial charge in [0.25, 0.3) is 0 Å². The van der Waals surface area contributed by atoms with Gasteiger partial charge in [-0.05, 0) is 61.1 Å². The van der Waals surface area contributed by atoms with Crippen LogP contribution in [0.15, 0.2) is 30.3 Å². The van der Waals surface area contributed by atoms with Crippen molar-refractivity contribution in [2.24, 2.45) is 0 Å². The highest BCUT2D eigenvalue weighted by Gasteiger charge is 2.26. The summed E-state index contributed by atoms with van der Waals surface area (Å²) in [6.45, 7) is 4.56. The Kier molecular flexibility index (Phi) is 5.67. The van der Waals surface area contributed by atoms with Crippen molar-refractivity contribution in [2.45, 2.75) is 32.1 Å². The molecule has 0 N–H and O–H groups in total. The Morgan fingerprint density at radius 1 is 1.29 bits per heavy atom. The van der Waals surface area contributed by atoms with Crippen LogP contribution in [0.5, 0.6) is 11.5 Å². The number of hydrogen-bond acceptors (Lipinski definition) is 5. The highest BCUT2D eigenvalue weighted by molar-refractivity contribution is 7.13. The molecule has 0 aliphatic carbocycles. The average molecular weight is 400 g/mol. The fourth-order valence-corrected chi connectivity index (χ4v) is 4.71. The van der Waals surface area contributed by atoms with E-state index < -0.39 is 0 Å². The molecule has 1 fully saturated rings. The van der Waals surface area contributed by atoms with Gasteiger partial charge in [0, 0.05) is 30.5 Å². The van der Waals surface area contributed by atoms with Crippen molar-refractivity contribution in [2.75, 3.05) is 31.7 Å². The van der Waals surface area contributed by atoms with Gasteiger partial charge in [0.2, 0.25) is 0 Å². The molecule has 0 amide bonds. The molecule has 2 heterocycles. The number of anilines is 1. The first-order valence-electron chi connectivity index (χ1n) is 9.72. The van der Waals surface area contributed by atoms with Crippen LogP contribution in [0.25, 0.3) is 10.1 Å². The molecule has 1 saturated heterocycles. The van der Waals surface area contributed by atoms with Crippen molar-refractivity contribution in [1.29, 1.82) is 0 Å². The SMILES string of the molecule is CCCOc1[c]ccc(N2CCC(c3nsc4cc(F)ccc34)CC2)c1OC. The van der Waals surface area contributed by atoms with Gasteiger partial charge in [-0.3, -0.25) is 0 Å². The van der Waals surface area contributed by atoms with Crippen LogP contribution in [0, 0.1) is 11.9 Å². The van der Waals surface area contributed by atoms with E-state index in [9.17, 15) is 4.39 Å². The number of nitrogens with zero attached hydrogens (tertiary/aromatic N) is 2. The first kappa shape index (κ1) is 19.0. The van der Waals surface area contributed by atoms with Gasteiger partial charge in [0.05, 0.1) is 29.8 Å². The van der Waals surface area contributed by atoms with E-state index in [2.05, 4.69) is 22.3 Å². The minimum Gasteiger partial charge on any atom is -0.491 e. The summed E-state index contributed by atoms with van der Waals surface area (Å²) < 4.78 is 30.5. The maximum Gasteiger partial charge on any atom is 0.184 e. The normalized spacial score (nSPS) is 15.2. The predicted molar refractivity (Wildman–Crippen MR) is 111 cm³/mol. The molecule has 1 aromatic heterocycles. The summed E-state index contributed by atoms with van der Waals surface area (Å²) in [4.78, 5) is 2.34. The van der Waals surface area contributed by atoms with Crippen LogP contribution in [-0.2, 0) is 0 Å². The Morgan fingerprint density at radius 2 is 2.11 bits per heavy atom. The Hall–Kier alpha value is -2.34. The molecular formula is C22H24FN2O2S. The lowest BCUT2D eigenvalue weighted by molar-refractivity contribution is 0.293. The van der Waals surface area contributed by atoms with Crippen LogP contribution in [-0.4, -0.2) is 31.2 Å². The summed E-state index contributed by atoms with van der Waals surface area (Å²) in [7, 11) is 1.68. The van der Waals surface area contributed by atoms with Gasteiger partial charge >= 0.3 is 0 Å². The number of aromatic nitrogens is 1. The molecule has 2 aromatic carbocycles. The molecule has 0 bridgehead atoms. The molecule has 1 radical (unpaired) electrons. The summed E-state index contributed by atoms with van der Waals surface area (Å²) in [5.74, 6) is 1.62. The molecule has 6 heteroatoms. The zero-order valence-electron chi connectivity index (χ0n) is 16.2. The van der Waals surface area contributed by atoms with Gasteiger partial charge in [0.15, 0.2) is 11.5 Å². The Labute approximate surface area is 169 Å². The van der Waals surface area contributed by atoms with Crippen LogP contribution in [0.3, 0.4) is 0 Å². The fourth-order valence-electron chi connectivity index (χ4n) is 3.83. The third-order valence-corrected chi connectivity index (χ3v) is 6.06. The van der Waals surface area contributed by atoms with Gasteiger partial charge in [0.1, 0.15) is 5.82 Å². The van der Waals surface area contributed by atoms with E-state index in [1.165, 1.54) is 17.6 Å². The Bertz CT molecular complexity index is 951. The Balaban J connectivity index is 1.51. The molecular weight excluding hydrogens is 375 g/mol. The lowest BCUT2D eigenvalue weighted by Gasteiger charge is -2.34. The van der Waals surface area contributed by atoms with Crippen LogP contribution in [0.1, 0.15) is 37.8 Å². The van der Waals surface area contributed by atoms with Gasteiger partial charge < -0.3 is 14.4 Å². The van der Waals surface area contributed by atoms with E-state index in [0.29, 0.717) is 18.3 Å². The highest BCUT2D eigenvalue weighted by atomic mass is 32.1. The second-order valence-corrected chi connectivity index (χ2v) is 7.85. The van der Waals surface area contributed by atoms with Crippen molar-refractivity contribution >= 4 is 27.3 Å². The topological polar surface area (TPSA) is 34.6 Å². The quantitative estimate of drug-likeness (QED) is 0.555. The van der Waals surface area contributed by atoms with Crippen LogP contribution >= 0.6 is 11.5 Å². The van der Waals surface area contributed by atoms with Gasteiger partial charge in [-0.2, -0.15) is 4.37 Å². The third-order valence-electron chi connectivity index (χ3n) is 5.23. The molecule has 0 spiro atoms. The number of hydrogen-bond donors (Lipinski definition) is 0. The van der Waals surface area contributed by atoms with Crippen molar-refractivity contribution < 1.29 is 13.9 Å². The lowest BCUT2D eigenvalue weighted by Crippen LogP contribution is -2.33. The number of methoxy groups -OCH3 is 1. The number of halogens is 1. The van der Waals surface area contributed by atoms with Crippen LogP contribution in [0.2, 0.25) is 0 Å². The lowest BCUT2D eigenvalue weighted by atomic mass is 9.91. The second-order valence-electron chi connectivity index (χ2n) is 7.04. The molecule has 1 aliphatic rings. The van der Waals surface area contributed by atoms with Gasteiger partial charge in [-0.25, -0.2) is 4.39 Å². The second kappa shape index (κ2) is 8.35. The smallest absolute Gasteiger partial charge is 0.184 e. The molecule has 0 unspecified atom stereocenters. The van der Waals surface area contributed by atoms with Crippen LogP contribution in [0.4, 0.5) is 10.1 Å². The molecule has 3 aromatic rings. The first-order chi connectivity index (χ1) is 13.7. The standard InChI is InChI=1S/C22H24FN2O2S/c1-3-13-27-19-6-4-5-18(22(19)26-2)25-11-9-15(10-12-25)21-17-8-7-16(23)14-20(17)28-24-21/h4-5,7-8,14-15H,3,9-13H2,1-2H3. The summed E-state index contributed by atoms with van der Waals surface area (Å²) in [6, 6.07) is 12.1. The number of ether oxygens (including phenoxy) is 2. The molecule has 4 nitrogen and oxygen atoms in total. The highest BCUT2D eigenvalue weighted by Crippen LogP contribution is 2.41. The van der Waals surface area contributed by atoms with E-state index in [-0.39, 0.29) is 5.82 Å². The number of piperidine rings is 1. The minimum absolute atomic E-state index is 0.202. The minimum atomic E-state index is -0.202. The van der Waals surface area contributed by atoms with E-state index in [1.807, 2.05) is 18.2 Å². The largest absolute Gasteiger partial charge is 0.491 e. The predicted octanol–water partition coefficient (Wildman–Crippen LogP) is 5.42. The maximum atomic E-state index is 13.5. The summed E-state index contributed by atoms with van der Waals surface area (Å²) in [6.07, 6.45) is 2.95. The summed E-state index contributed by atoms with van der Waals surface area (Å²) in [5, 5.41) is 1.09. The van der Waals surface area contributed by atoms with Crippen molar-refractivity contribution in [3.05, 3.63) is 47.9 Å². The van der Waals surface area contributed by atoms with Gasteiger partial charge in [-0.15, -0.1) is 0 Å². The average Bonchev–Trinajstić information content (AvgIpc) is 3.15. The molecule has 147 valence electrons. The maximum absolute atomic E-state index is 13.5. The molecule has 0 saturated carbocycles. The molecule has 4 rings (SSSR count). The molecule has 28 heavy (non-hydrogen) atoms. The van der Waals surface area contributed by atoms with E-state index >= 15 is 0 Å².